The Morgan fingerprint density at radius 2 is 1.79 bits per heavy atom. The number of allylic oxidation sites excluding steroid dienone is 1. The van der Waals surface area contributed by atoms with Gasteiger partial charge in [-0.2, -0.15) is 0 Å². The number of nitrogen functional groups attached to an aromatic ring is 1. The Labute approximate surface area is 172 Å². The van der Waals surface area contributed by atoms with E-state index in [-0.39, 0.29) is 11.7 Å². The van der Waals surface area contributed by atoms with Crippen LogP contribution >= 0.6 is 0 Å². The van der Waals surface area contributed by atoms with E-state index in [9.17, 15) is 9.59 Å². The first-order valence-corrected chi connectivity index (χ1v) is 9.91. The molecule has 0 aliphatic carbocycles. The van der Waals surface area contributed by atoms with Crippen molar-refractivity contribution in [3.8, 4) is 5.75 Å². The lowest BCUT2D eigenvalue weighted by atomic mass is 9.90. The van der Waals surface area contributed by atoms with Gasteiger partial charge >= 0.3 is 0 Å². The van der Waals surface area contributed by atoms with E-state index in [1.54, 1.807) is 12.1 Å². The van der Waals surface area contributed by atoms with Gasteiger partial charge in [0.2, 0.25) is 0 Å². The van der Waals surface area contributed by atoms with Crippen LogP contribution in [0.15, 0.2) is 49.0 Å². The Morgan fingerprint density at radius 3 is 2.38 bits per heavy atom. The van der Waals surface area contributed by atoms with Crippen LogP contribution in [0.1, 0.15) is 41.3 Å². The zero-order chi connectivity index (χ0) is 21.0. The summed E-state index contributed by atoms with van der Waals surface area (Å²) in [5.74, 6) is 0.710. The maximum atomic E-state index is 13.2. The fourth-order valence-corrected chi connectivity index (χ4v) is 3.84. The van der Waals surface area contributed by atoms with Crippen LogP contribution < -0.4 is 10.5 Å². The highest BCUT2D eigenvalue weighted by molar-refractivity contribution is 6.20. The summed E-state index contributed by atoms with van der Waals surface area (Å²) < 4.78 is 5.39. The average molecular weight is 392 g/mol. The molecule has 1 aliphatic heterocycles. The molecule has 1 aliphatic rings. The summed E-state index contributed by atoms with van der Waals surface area (Å²) in [7, 11) is 1.51. The van der Waals surface area contributed by atoms with Crippen molar-refractivity contribution in [3.63, 3.8) is 0 Å². The van der Waals surface area contributed by atoms with Gasteiger partial charge in [0.15, 0.2) is 5.78 Å². The second kappa shape index (κ2) is 8.95. The van der Waals surface area contributed by atoms with Crippen LogP contribution in [-0.4, -0.2) is 36.8 Å². The zero-order valence-corrected chi connectivity index (χ0v) is 17.1. The zero-order valence-electron chi connectivity index (χ0n) is 17.1. The number of piperidine rings is 1. The van der Waals surface area contributed by atoms with E-state index in [0.717, 1.165) is 19.3 Å². The molecule has 0 bridgehead atoms. The van der Waals surface area contributed by atoms with Gasteiger partial charge in [0.1, 0.15) is 5.75 Å². The highest BCUT2D eigenvalue weighted by Gasteiger charge is 2.27. The summed E-state index contributed by atoms with van der Waals surface area (Å²) in [4.78, 5) is 26.8. The van der Waals surface area contributed by atoms with Crippen LogP contribution in [0.25, 0.3) is 5.57 Å². The minimum Gasteiger partial charge on any atom is -0.496 e. The molecule has 1 fully saturated rings. The second-order valence-electron chi connectivity index (χ2n) is 7.60. The molecule has 5 nitrogen and oxygen atoms in total. The fourth-order valence-electron chi connectivity index (χ4n) is 3.84. The highest BCUT2D eigenvalue weighted by Crippen LogP contribution is 2.32. The van der Waals surface area contributed by atoms with E-state index in [1.807, 2.05) is 11.0 Å². The average Bonchev–Trinajstić information content (AvgIpc) is 2.73. The van der Waals surface area contributed by atoms with E-state index in [0.29, 0.717) is 47.1 Å². The predicted octanol–water partition coefficient (Wildman–Crippen LogP) is 3.97. The number of rotatable bonds is 6. The van der Waals surface area contributed by atoms with Gasteiger partial charge in [-0.25, -0.2) is 0 Å². The van der Waals surface area contributed by atoms with Crippen LogP contribution in [-0.2, 0) is 11.2 Å². The molecule has 2 aromatic rings. The molecule has 2 aromatic carbocycles. The molecule has 0 unspecified atom stereocenters. The summed E-state index contributed by atoms with van der Waals surface area (Å²) in [5.41, 5.74) is 8.97. The van der Waals surface area contributed by atoms with Crippen molar-refractivity contribution in [1.82, 2.24) is 4.90 Å². The normalized spacial score (nSPS) is 14.5. The molecule has 0 atom stereocenters. The maximum Gasteiger partial charge on any atom is 0.257 e. The van der Waals surface area contributed by atoms with E-state index >= 15 is 0 Å². The number of ketones is 1. The molecule has 0 spiro atoms. The second-order valence-corrected chi connectivity index (χ2v) is 7.60. The summed E-state index contributed by atoms with van der Waals surface area (Å²) in [6.45, 7) is 6.65. The smallest absolute Gasteiger partial charge is 0.257 e. The number of Topliss-reactive ketones (excluding diaryl/α,β-unsaturated/α-hetero) is 1. The van der Waals surface area contributed by atoms with Gasteiger partial charge in [0.25, 0.3) is 5.91 Å². The molecule has 1 saturated heterocycles. The summed E-state index contributed by atoms with van der Waals surface area (Å²) >= 11 is 0. The molecular formula is C24H28N2O3. The van der Waals surface area contributed by atoms with E-state index < -0.39 is 0 Å². The number of carbonyl (C=O) groups is 2. The lowest BCUT2D eigenvalue weighted by Gasteiger charge is -2.32. The molecule has 5 heteroatoms. The van der Waals surface area contributed by atoms with Crippen LogP contribution in [0.3, 0.4) is 0 Å². The number of hydrogen-bond acceptors (Lipinski definition) is 4. The Morgan fingerprint density at radius 1 is 1.14 bits per heavy atom. The number of ether oxygens (including phenoxy) is 1. The van der Waals surface area contributed by atoms with Crippen molar-refractivity contribution in [2.45, 2.75) is 26.2 Å². The van der Waals surface area contributed by atoms with Gasteiger partial charge in [-0.3, -0.25) is 9.59 Å². The van der Waals surface area contributed by atoms with Gasteiger partial charge in [0, 0.05) is 36.0 Å². The number of methoxy groups -OCH3 is 1. The lowest BCUT2D eigenvalue weighted by molar-refractivity contribution is -0.111. The third-order valence-electron chi connectivity index (χ3n) is 5.62. The number of amides is 1. The summed E-state index contributed by atoms with van der Waals surface area (Å²) in [6, 6.07) is 13.7. The standard InChI is InChI=1S/C24H28N2O3/c1-16(17(2)27)20-14-21(23(29-3)15-22(20)25)24(28)26-11-9-19(10-12-26)13-18-7-5-4-6-8-18/h4-8,14-15,19H,1,9-13,25H2,2-3H3. The summed E-state index contributed by atoms with van der Waals surface area (Å²) in [6.07, 6.45) is 2.96. The molecule has 0 radical (unpaired) electrons. The third kappa shape index (κ3) is 4.67. The van der Waals surface area contributed by atoms with Gasteiger partial charge in [-0.05, 0) is 43.7 Å². The van der Waals surface area contributed by atoms with Gasteiger partial charge < -0.3 is 15.4 Å². The Kier molecular flexibility index (Phi) is 6.37. The number of carbonyl (C=O) groups excluding carboxylic acids is 2. The van der Waals surface area contributed by atoms with Crippen molar-refractivity contribution in [2.24, 2.45) is 5.92 Å². The molecule has 0 saturated carbocycles. The largest absolute Gasteiger partial charge is 0.496 e. The molecule has 3 rings (SSSR count). The van der Waals surface area contributed by atoms with Crippen LogP contribution in [0, 0.1) is 5.92 Å². The lowest BCUT2D eigenvalue weighted by Crippen LogP contribution is -2.39. The monoisotopic (exact) mass is 392 g/mol. The predicted molar refractivity (Wildman–Crippen MR) is 116 cm³/mol. The Bertz CT molecular complexity index is 913. The Balaban J connectivity index is 1.74. The first-order valence-electron chi connectivity index (χ1n) is 9.91. The number of anilines is 1. The number of benzene rings is 2. The number of likely N-dealkylation sites (tertiary alicyclic amines) is 1. The number of nitrogens with two attached hydrogens (primary N) is 1. The first-order chi connectivity index (χ1) is 13.9. The van der Waals surface area contributed by atoms with E-state index in [1.165, 1.54) is 19.6 Å². The van der Waals surface area contributed by atoms with Gasteiger partial charge in [-0.15, -0.1) is 0 Å². The number of hydrogen-bond donors (Lipinski definition) is 1. The minimum absolute atomic E-state index is 0.0994. The molecular weight excluding hydrogens is 364 g/mol. The third-order valence-corrected chi connectivity index (χ3v) is 5.62. The van der Waals surface area contributed by atoms with Gasteiger partial charge in [-0.1, -0.05) is 36.9 Å². The molecule has 29 heavy (non-hydrogen) atoms. The molecule has 2 N–H and O–H groups in total. The fraction of sp³-hybridized carbons (Fsp3) is 0.333. The van der Waals surface area contributed by atoms with Crippen molar-refractivity contribution in [3.05, 3.63) is 65.7 Å². The van der Waals surface area contributed by atoms with Crippen LogP contribution in [0.4, 0.5) is 5.69 Å². The van der Waals surface area contributed by atoms with Crippen molar-refractivity contribution < 1.29 is 14.3 Å². The first kappa shape index (κ1) is 20.6. The molecule has 152 valence electrons. The topological polar surface area (TPSA) is 72.6 Å². The quantitative estimate of drug-likeness (QED) is 0.596. The SMILES string of the molecule is C=C(C(C)=O)c1cc(C(=O)N2CCC(Cc3ccccc3)CC2)c(OC)cc1N. The van der Waals surface area contributed by atoms with Gasteiger partial charge in [0.05, 0.1) is 12.7 Å². The van der Waals surface area contributed by atoms with Crippen molar-refractivity contribution in [1.29, 1.82) is 0 Å². The maximum absolute atomic E-state index is 13.2. The van der Waals surface area contributed by atoms with Crippen molar-refractivity contribution in [2.75, 3.05) is 25.9 Å². The van der Waals surface area contributed by atoms with Crippen LogP contribution in [0.5, 0.6) is 5.75 Å². The van der Waals surface area contributed by atoms with E-state index in [4.69, 9.17) is 10.5 Å². The number of nitrogens with zero attached hydrogens (tertiary/aromatic N) is 1. The minimum atomic E-state index is -0.179. The molecule has 1 heterocycles. The molecule has 0 aromatic heterocycles. The van der Waals surface area contributed by atoms with Crippen molar-refractivity contribution >= 4 is 23.0 Å². The Hall–Kier alpha value is -3.08. The highest BCUT2D eigenvalue weighted by atomic mass is 16.5. The van der Waals surface area contributed by atoms with Crippen LogP contribution in [0.2, 0.25) is 0 Å². The molecule has 1 amide bonds. The summed E-state index contributed by atoms with van der Waals surface area (Å²) in [5, 5.41) is 0. The van der Waals surface area contributed by atoms with E-state index in [2.05, 4.69) is 30.8 Å².